The Kier molecular flexibility index (Phi) is 4.22. The quantitative estimate of drug-likeness (QED) is 0.683. The van der Waals surface area contributed by atoms with E-state index in [-0.39, 0.29) is 28.0 Å². The summed E-state index contributed by atoms with van der Waals surface area (Å²) in [6, 6.07) is 2.32. The lowest BCUT2D eigenvalue weighted by molar-refractivity contribution is -0.120. The maximum Gasteiger partial charge on any atom is 0.405 e. The summed E-state index contributed by atoms with van der Waals surface area (Å²) in [5.41, 5.74) is 5.76. The molecule has 0 heterocycles. The molecule has 0 saturated heterocycles. The van der Waals surface area contributed by atoms with Crippen molar-refractivity contribution in [2.75, 3.05) is 24.3 Å². The fraction of sp³-hybridized carbons (Fsp3) is 0.462. The first-order valence-corrected chi connectivity index (χ1v) is 6.61. The fourth-order valence-electron chi connectivity index (χ4n) is 2.15. The smallest absolute Gasteiger partial charge is 0.405 e. The van der Waals surface area contributed by atoms with Crippen molar-refractivity contribution in [2.45, 2.75) is 25.1 Å². The number of ether oxygens (including phenoxy) is 1. The van der Waals surface area contributed by atoms with Gasteiger partial charge in [-0.3, -0.25) is 0 Å². The molecule has 1 aliphatic rings. The van der Waals surface area contributed by atoms with Crippen molar-refractivity contribution in [1.29, 1.82) is 0 Å². The molecule has 8 heteroatoms. The van der Waals surface area contributed by atoms with E-state index in [9.17, 15) is 18.0 Å². The van der Waals surface area contributed by atoms with Crippen molar-refractivity contribution in [1.82, 2.24) is 0 Å². The lowest BCUT2D eigenvalue weighted by atomic mass is 10.1. The van der Waals surface area contributed by atoms with Crippen LogP contribution in [0, 0.1) is 0 Å². The van der Waals surface area contributed by atoms with Crippen LogP contribution in [0.5, 0.6) is 0 Å². The average molecular weight is 323 g/mol. The number of nitrogens with two attached hydrogens (primary N) is 1. The summed E-state index contributed by atoms with van der Waals surface area (Å²) in [6.45, 7) is -1.18. The molecule has 0 aliphatic heterocycles. The summed E-state index contributed by atoms with van der Waals surface area (Å²) in [4.78, 5) is 12.9. The largest absolute Gasteiger partial charge is 0.465 e. The molecule has 0 radical (unpaired) electrons. The molecule has 21 heavy (non-hydrogen) atoms. The molecule has 0 bridgehead atoms. The predicted molar refractivity (Wildman–Crippen MR) is 73.6 cm³/mol. The van der Waals surface area contributed by atoms with E-state index < -0.39 is 18.7 Å². The van der Waals surface area contributed by atoms with E-state index in [0.717, 1.165) is 12.0 Å². The normalized spacial score (nSPS) is 14.9. The molecule has 2 rings (SSSR count). The summed E-state index contributed by atoms with van der Waals surface area (Å²) in [7, 11) is 1.15. The van der Waals surface area contributed by atoms with Gasteiger partial charge in [-0.1, -0.05) is 11.6 Å². The van der Waals surface area contributed by atoms with Crippen molar-refractivity contribution < 1.29 is 22.7 Å². The molecular formula is C13H14ClF3N2O2. The highest BCUT2D eigenvalue weighted by atomic mass is 35.5. The molecule has 1 saturated carbocycles. The second kappa shape index (κ2) is 5.63. The average Bonchev–Trinajstić information content (AvgIpc) is 3.17. The van der Waals surface area contributed by atoms with Gasteiger partial charge >= 0.3 is 12.1 Å². The zero-order chi connectivity index (χ0) is 15.8. The first-order chi connectivity index (χ1) is 9.73. The van der Waals surface area contributed by atoms with Crippen LogP contribution < -0.4 is 10.6 Å². The van der Waals surface area contributed by atoms with E-state index in [1.807, 2.05) is 0 Å². The van der Waals surface area contributed by atoms with Crippen molar-refractivity contribution in [3.8, 4) is 0 Å². The number of anilines is 2. The minimum absolute atomic E-state index is 0.00606. The zero-order valence-electron chi connectivity index (χ0n) is 11.2. The van der Waals surface area contributed by atoms with Gasteiger partial charge in [-0.25, -0.2) is 4.79 Å². The molecule has 1 aliphatic carbocycles. The van der Waals surface area contributed by atoms with Crippen LogP contribution in [0.3, 0.4) is 0 Å². The van der Waals surface area contributed by atoms with E-state index in [1.165, 1.54) is 12.1 Å². The molecule has 4 nitrogen and oxygen atoms in total. The number of hydrogen-bond acceptors (Lipinski definition) is 4. The highest BCUT2D eigenvalue weighted by molar-refractivity contribution is 6.34. The van der Waals surface area contributed by atoms with Crippen molar-refractivity contribution in [3.05, 3.63) is 22.7 Å². The minimum Gasteiger partial charge on any atom is -0.465 e. The molecule has 1 fully saturated rings. The Morgan fingerprint density at radius 3 is 2.57 bits per heavy atom. The maximum atomic E-state index is 12.8. The van der Waals surface area contributed by atoms with E-state index in [0.29, 0.717) is 12.8 Å². The number of methoxy groups -OCH3 is 1. The van der Waals surface area contributed by atoms with Crippen LogP contribution in [0.25, 0.3) is 0 Å². The molecule has 0 amide bonds. The molecule has 1 aromatic rings. The Hall–Kier alpha value is -1.63. The predicted octanol–water partition coefficient (Wildman–Crippen LogP) is 3.24. The highest BCUT2D eigenvalue weighted by Crippen LogP contribution is 2.41. The van der Waals surface area contributed by atoms with Gasteiger partial charge < -0.3 is 15.4 Å². The number of nitrogens with zero attached hydrogens (tertiary/aromatic N) is 1. The van der Waals surface area contributed by atoms with Crippen LogP contribution in [0.1, 0.15) is 23.2 Å². The van der Waals surface area contributed by atoms with Crippen LogP contribution in [-0.2, 0) is 4.74 Å². The van der Waals surface area contributed by atoms with Crippen LogP contribution in [0.15, 0.2) is 12.1 Å². The number of hydrogen-bond donors (Lipinski definition) is 1. The Morgan fingerprint density at radius 1 is 1.48 bits per heavy atom. The van der Waals surface area contributed by atoms with Gasteiger partial charge in [-0.2, -0.15) is 13.2 Å². The number of rotatable bonds is 4. The molecule has 0 aromatic heterocycles. The number of carbonyl (C=O) groups excluding carboxylic acids is 1. The Bertz CT molecular complexity index is 559. The lowest BCUT2D eigenvalue weighted by Crippen LogP contribution is -2.37. The van der Waals surface area contributed by atoms with Gasteiger partial charge in [0.2, 0.25) is 0 Å². The van der Waals surface area contributed by atoms with Crippen LogP contribution in [0.4, 0.5) is 24.5 Å². The highest BCUT2D eigenvalue weighted by Gasteiger charge is 2.40. The Morgan fingerprint density at radius 2 is 2.10 bits per heavy atom. The number of esters is 1. The first kappa shape index (κ1) is 15.8. The van der Waals surface area contributed by atoms with Gasteiger partial charge in [0.1, 0.15) is 6.54 Å². The molecule has 0 atom stereocenters. The van der Waals surface area contributed by atoms with E-state index >= 15 is 0 Å². The number of carbonyl (C=O) groups is 1. The topological polar surface area (TPSA) is 55.6 Å². The second-order valence-electron chi connectivity index (χ2n) is 4.86. The van der Waals surface area contributed by atoms with Gasteiger partial charge in [0.15, 0.2) is 0 Å². The number of alkyl halides is 3. The third kappa shape index (κ3) is 3.72. The first-order valence-electron chi connectivity index (χ1n) is 6.23. The summed E-state index contributed by atoms with van der Waals surface area (Å²) in [6.07, 6.45) is -3.16. The van der Waals surface area contributed by atoms with E-state index in [1.54, 1.807) is 0 Å². The summed E-state index contributed by atoms with van der Waals surface area (Å²) < 4.78 is 42.9. The van der Waals surface area contributed by atoms with Crippen molar-refractivity contribution >= 4 is 28.9 Å². The number of nitrogen functional groups attached to an aromatic ring is 1. The minimum atomic E-state index is -4.40. The Balaban J connectivity index is 2.50. The third-order valence-electron chi connectivity index (χ3n) is 3.12. The zero-order valence-corrected chi connectivity index (χ0v) is 12.0. The van der Waals surface area contributed by atoms with Crippen molar-refractivity contribution in [3.63, 3.8) is 0 Å². The molecule has 0 unspecified atom stereocenters. The van der Waals surface area contributed by atoms with Gasteiger partial charge in [0, 0.05) is 11.7 Å². The second-order valence-corrected chi connectivity index (χ2v) is 5.27. The van der Waals surface area contributed by atoms with Gasteiger partial charge in [0.05, 0.1) is 23.4 Å². The summed E-state index contributed by atoms with van der Waals surface area (Å²) in [5.74, 6) is -0.771. The standard InChI is InChI=1S/C13H14ClF3N2O2/c1-21-12(20)9-4-7(18)5-10(14)11(9)19(8-2-3-8)6-13(15,16)17/h4-5,8H,2-3,6,18H2,1H3. The van der Waals surface area contributed by atoms with Crippen LogP contribution >= 0.6 is 11.6 Å². The molecule has 116 valence electrons. The number of benzene rings is 1. The summed E-state index contributed by atoms with van der Waals surface area (Å²) in [5, 5.41) is 0.00606. The van der Waals surface area contributed by atoms with E-state index in [4.69, 9.17) is 17.3 Å². The van der Waals surface area contributed by atoms with Gasteiger partial charge in [0.25, 0.3) is 0 Å². The monoisotopic (exact) mass is 322 g/mol. The fourth-order valence-corrected chi connectivity index (χ4v) is 2.48. The van der Waals surface area contributed by atoms with Crippen LogP contribution in [0.2, 0.25) is 5.02 Å². The molecule has 2 N–H and O–H groups in total. The summed E-state index contributed by atoms with van der Waals surface area (Å²) >= 11 is 6.03. The lowest BCUT2D eigenvalue weighted by Gasteiger charge is -2.28. The molecular weight excluding hydrogens is 309 g/mol. The van der Waals surface area contributed by atoms with Gasteiger partial charge in [-0.05, 0) is 25.0 Å². The van der Waals surface area contributed by atoms with E-state index in [2.05, 4.69) is 4.74 Å². The third-order valence-corrected chi connectivity index (χ3v) is 3.40. The maximum absolute atomic E-state index is 12.8. The van der Waals surface area contributed by atoms with Gasteiger partial charge in [-0.15, -0.1) is 0 Å². The molecule has 1 aromatic carbocycles. The van der Waals surface area contributed by atoms with Crippen LogP contribution in [-0.4, -0.2) is 31.8 Å². The number of halogens is 4. The Labute approximate surface area is 124 Å². The van der Waals surface area contributed by atoms with Crippen molar-refractivity contribution in [2.24, 2.45) is 0 Å². The molecule has 0 spiro atoms. The SMILES string of the molecule is COC(=O)c1cc(N)cc(Cl)c1N(CC(F)(F)F)C1CC1.